The Labute approximate surface area is 138 Å². The summed E-state index contributed by atoms with van der Waals surface area (Å²) in [4.78, 5) is 0. The third-order valence-electron chi connectivity index (χ3n) is 3.59. The zero-order chi connectivity index (χ0) is 17.7. The number of benzene rings is 1. The van der Waals surface area contributed by atoms with Gasteiger partial charge in [-0.05, 0) is 31.5 Å². The van der Waals surface area contributed by atoms with Gasteiger partial charge in [-0.15, -0.1) is 0 Å². The molecular formula is C17H20F4O3. The summed E-state index contributed by atoms with van der Waals surface area (Å²) >= 11 is 0. The molecule has 0 unspecified atom stereocenters. The van der Waals surface area contributed by atoms with Crippen LogP contribution in [0, 0.1) is 5.82 Å². The smallest absolute Gasteiger partial charge is 0.214 e. The molecule has 7 heteroatoms. The maximum absolute atomic E-state index is 14.2. The number of hydrogen-bond donors (Lipinski definition) is 0. The summed E-state index contributed by atoms with van der Waals surface area (Å²) in [5, 5.41) is 0. The molecular weight excluding hydrogens is 328 g/mol. The molecule has 1 aromatic carbocycles. The van der Waals surface area contributed by atoms with E-state index in [0.29, 0.717) is 6.42 Å². The van der Waals surface area contributed by atoms with E-state index in [-0.39, 0.29) is 37.6 Å². The van der Waals surface area contributed by atoms with E-state index in [2.05, 4.69) is 0 Å². The van der Waals surface area contributed by atoms with Gasteiger partial charge in [-0.2, -0.15) is 0 Å². The highest BCUT2D eigenvalue weighted by atomic mass is 19.2. The third-order valence-corrected chi connectivity index (χ3v) is 3.59. The normalized spacial score (nSPS) is 25.3. The summed E-state index contributed by atoms with van der Waals surface area (Å²) in [5.74, 6) is -3.53. The Balaban J connectivity index is 2.12. The second-order valence-electron chi connectivity index (χ2n) is 5.59. The van der Waals surface area contributed by atoms with Crippen molar-refractivity contribution in [2.24, 2.45) is 0 Å². The van der Waals surface area contributed by atoms with E-state index in [9.17, 15) is 17.6 Å². The van der Waals surface area contributed by atoms with Crippen LogP contribution in [0.15, 0.2) is 24.0 Å². The number of hydrogen-bond acceptors (Lipinski definition) is 3. The van der Waals surface area contributed by atoms with Gasteiger partial charge in [-0.3, -0.25) is 0 Å². The molecule has 3 nitrogen and oxygen atoms in total. The van der Waals surface area contributed by atoms with Crippen molar-refractivity contribution in [2.75, 3.05) is 19.8 Å². The van der Waals surface area contributed by atoms with Gasteiger partial charge in [0.1, 0.15) is 0 Å². The maximum atomic E-state index is 14.2. The topological polar surface area (TPSA) is 27.7 Å². The fourth-order valence-corrected chi connectivity index (χ4v) is 2.43. The zero-order valence-corrected chi connectivity index (χ0v) is 13.6. The highest BCUT2D eigenvalue weighted by Gasteiger charge is 2.38. The van der Waals surface area contributed by atoms with Crippen molar-refractivity contribution in [3.05, 3.63) is 35.4 Å². The number of rotatable bonds is 6. The van der Waals surface area contributed by atoms with Gasteiger partial charge in [0.15, 0.2) is 28.9 Å². The zero-order valence-electron chi connectivity index (χ0n) is 13.6. The predicted molar refractivity (Wildman–Crippen MR) is 81.1 cm³/mol. The lowest BCUT2D eigenvalue weighted by Crippen LogP contribution is -2.44. The van der Waals surface area contributed by atoms with Crippen LogP contribution < -0.4 is 4.74 Å². The van der Waals surface area contributed by atoms with Crippen molar-refractivity contribution >= 4 is 5.83 Å². The summed E-state index contributed by atoms with van der Waals surface area (Å²) in [7, 11) is 0. The average molecular weight is 348 g/mol. The molecule has 0 amide bonds. The quantitative estimate of drug-likeness (QED) is 0.697. The molecule has 0 spiro atoms. The molecule has 0 radical (unpaired) electrons. The van der Waals surface area contributed by atoms with Crippen molar-refractivity contribution in [2.45, 2.75) is 38.6 Å². The van der Waals surface area contributed by atoms with Crippen LogP contribution in [-0.4, -0.2) is 31.8 Å². The van der Waals surface area contributed by atoms with Crippen LogP contribution in [0.2, 0.25) is 0 Å². The SMILES string of the molecule is CCCC1(F)COC(C(F)=C(F)c2ccc(OCC)c(F)c2)OC1. The number of ether oxygens (including phenoxy) is 3. The van der Waals surface area contributed by atoms with Crippen LogP contribution in [-0.2, 0) is 9.47 Å². The van der Waals surface area contributed by atoms with E-state index in [1.54, 1.807) is 13.8 Å². The fraction of sp³-hybridized carbons (Fsp3) is 0.529. The summed E-state index contributed by atoms with van der Waals surface area (Å²) < 4.78 is 71.2. The van der Waals surface area contributed by atoms with E-state index in [0.717, 1.165) is 6.07 Å². The summed E-state index contributed by atoms with van der Waals surface area (Å²) in [6.45, 7) is 2.95. The first-order valence-corrected chi connectivity index (χ1v) is 7.80. The monoisotopic (exact) mass is 348 g/mol. The van der Waals surface area contributed by atoms with Gasteiger partial charge in [0.25, 0.3) is 0 Å². The van der Waals surface area contributed by atoms with Crippen molar-refractivity contribution < 1.29 is 31.8 Å². The number of halogens is 4. The molecule has 1 fully saturated rings. The summed E-state index contributed by atoms with van der Waals surface area (Å²) in [6, 6.07) is 3.21. The van der Waals surface area contributed by atoms with E-state index in [1.165, 1.54) is 12.1 Å². The molecule has 0 saturated carbocycles. The molecule has 0 bridgehead atoms. The lowest BCUT2D eigenvalue weighted by atomic mass is 10.0. The highest BCUT2D eigenvalue weighted by molar-refractivity contribution is 5.62. The van der Waals surface area contributed by atoms with Crippen LogP contribution in [0.25, 0.3) is 5.83 Å². The molecule has 0 N–H and O–H groups in total. The van der Waals surface area contributed by atoms with Gasteiger partial charge in [0, 0.05) is 5.56 Å². The Bertz CT molecular complexity index is 595. The van der Waals surface area contributed by atoms with Gasteiger partial charge < -0.3 is 14.2 Å². The first-order chi connectivity index (χ1) is 11.4. The van der Waals surface area contributed by atoms with Gasteiger partial charge >= 0.3 is 0 Å². The lowest BCUT2D eigenvalue weighted by Gasteiger charge is -2.33. The molecule has 1 saturated heterocycles. The van der Waals surface area contributed by atoms with E-state index < -0.39 is 29.4 Å². The van der Waals surface area contributed by atoms with Crippen molar-refractivity contribution in [1.29, 1.82) is 0 Å². The molecule has 1 heterocycles. The first-order valence-electron chi connectivity index (χ1n) is 7.80. The molecule has 0 aromatic heterocycles. The molecule has 1 aromatic rings. The Hall–Kier alpha value is -1.60. The second-order valence-corrected chi connectivity index (χ2v) is 5.59. The summed E-state index contributed by atoms with van der Waals surface area (Å²) in [5.41, 5.74) is -2.01. The van der Waals surface area contributed by atoms with E-state index in [1.807, 2.05) is 0 Å². The molecule has 2 rings (SSSR count). The van der Waals surface area contributed by atoms with Crippen LogP contribution in [0.5, 0.6) is 5.75 Å². The van der Waals surface area contributed by atoms with E-state index in [4.69, 9.17) is 14.2 Å². The van der Waals surface area contributed by atoms with Gasteiger partial charge in [-0.25, -0.2) is 17.6 Å². The fourth-order valence-electron chi connectivity index (χ4n) is 2.43. The largest absolute Gasteiger partial charge is 0.491 e. The van der Waals surface area contributed by atoms with Crippen molar-refractivity contribution in [3.8, 4) is 5.75 Å². The highest BCUT2D eigenvalue weighted by Crippen LogP contribution is 2.32. The minimum absolute atomic E-state index is 0.0543. The van der Waals surface area contributed by atoms with Crippen molar-refractivity contribution in [3.63, 3.8) is 0 Å². The maximum Gasteiger partial charge on any atom is 0.214 e. The first kappa shape index (κ1) is 18.7. The standard InChI is InChI=1S/C17H20F4O3/c1-3-7-17(21)9-23-16(24-10-17)15(20)14(19)11-5-6-13(22-4-2)12(18)8-11/h5-6,8,16H,3-4,7,9-10H2,1-2H3. The van der Waals surface area contributed by atoms with Crippen LogP contribution >= 0.6 is 0 Å². The Kier molecular flexibility index (Phi) is 6.23. The molecule has 134 valence electrons. The molecule has 24 heavy (non-hydrogen) atoms. The van der Waals surface area contributed by atoms with Gasteiger partial charge in [0.05, 0.1) is 19.8 Å². The van der Waals surface area contributed by atoms with Crippen LogP contribution in [0.4, 0.5) is 17.6 Å². The van der Waals surface area contributed by atoms with Gasteiger partial charge in [-0.1, -0.05) is 13.3 Å². The minimum Gasteiger partial charge on any atom is -0.491 e. The predicted octanol–water partition coefficient (Wildman–Crippen LogP) is 4.71. The molecule has 0 atom stereocenters. The van der Waals surface area contributed by atoms with Gasteiger partial charge in [0.2, 0.25) is 6.29 Å². The minimum atomic E-state index is -1.70. The average Bonchev–Trinajstić information content (AvgIpc) is 2.56. The Morgan fingerprint density at radius 3 is 2.46 bits per heavy atom. The molecule has 0 aliphatic carbocycles. The van der Waals surface area contributed by atoms with Crippen molar-refractivity contribution in [1.82, 2.24) is 0 Å². The molecule has 1 aliphatic rings. The van der Waals surface area contributed by atoms with Crippen LogP contribution in [0.1, 0.15) is 32.3 Å². The van der Waals surface area contributed by atoms with Crippen LogP contribution in [0.3, 0.4) is 0 Å². The van der Waals surface area contributed by atoms with E-state index >= 15 is 0 Å². The second kappa shape index (κ2) is 7.98. The Morgan fingerprint density at radius 2 is 1.92 bits per heavy atom. The number of alkyl halides is 1. The molecule has 1 aliphatic heterocycles. The Morgan fingerprint density at radius 1 is 1.25 bits per heavy atom. The summed E-state index contributed by atoms with van der Waals surface area (Å²) in [6.07, 6.45) is -0.857. The lowest BCUT2D eigenvalue weighted by molar-refractivity contribution is -0.223. The third kappa shape index (κ3) is 4.27.